The largest absolute Gasteiger partial charge is 0.493 e. The number of nitrogens with zero attached hydrogens (tertiary/aromatic N) is 1. The Morgan fingerprint density at radius 2 is 1.83 bits per heavy atom. The molecule has 1 amide bonds. The van der Waals surface area contributed by atoms with Crippen LogP contribution in [0.25, 0.3) is 6.08 Å². The lowest BCUT2D eigenvalue weighted by molar-refractivity contribution is -0.116. The van der Waals surface area contributed by atoms with Crippen LogP contribution in [0.4, 0.5) is 5.69 Å². The van der Waals surface area contributed by atoms with Gasteiger partial charge in [-0.05, 0) is 36.8 Å². The van der Waals surface area contributed by atoms with E-state index in [1.54, 1.807) is 6.08 Å². The normalized spacial score (nSPS) is 10.6. The number of amides is 1. The summed E-state index contributed by atoms with van der Waals surface area (Å²) in [6, 6.07) is 15.8. The molecule has 0 radical (unpaired) electrons. The molecule has 1 N–H and O–H groups in total. The van der Waals surface area contributed by atoms with Crippen LogP contribution in [0.5, 0.6) is 5.75 Å². The van der Waals surface area contributed by atoms with Crippen molar-refractivity contribution in [1.82, 2.24) is 5.32 Å². The highest BCUT2D eigenvalue weighted by atomic mass is 16.5. The Morgan fingerprint density at radius 3 is 2.50 bits per heavy atom. The molecule has 2 rings (SSSR count). The summed E-state index contributed by atoms with van der Waals surface area (Å²) in [5.41, 5.74) is 3.10. The summed E-state index contributed by atoms with van der Waals surface area (Å²) >= 11 is 0. The van der Waals surface area contributed by atoms with Gasteiger partial charge in [-0.2, -0.15) is 0 Å². The predicted molar refractivity (Wildman–Crippen MR) is 99.3 cm³/mol. The topological polar surface area (TPSA) is 41.6 Å². The average Bonchev–Trinajstić information content (AvgIpc) is 2.60. The lowest BCUT2D eigenvalue weighted by Gasteiger charge is -2.12. The summed E-state index contributed by atoms with van der Waals surface area (Å²) in [5.74, 6) is 0.654. The molecule has 0 spiro atoms. The first-order valence-corrected chi connectivity index (χ1v) is 8.04. The fraction of sp³-hybridized carbons (Fsp3) is 0.250. The molecule has 126 valence electrons. The van der Waals surface area contributed by atoms with Gasteiger partial charge in [-0.3, -0.25) is 4.79 Å². The number of anilines is 1. The van der Waals surface area contributed by atoms with Crippen molar-refractivity contribution in [3.05, 3.63) is 65.7 Å². The summed E-state index contributed by atoms with van der Waals surface area (Å²) in [6.07, 6.45) is 3.31. The zero-order valence-electron chi connectivity index (χ0n) is 14.5. The van der Waals surface area contributed by atoms with Crippen LogP contribution >= 0.6 is 0 Å². The van der Waals surface area contributed by atoms with E-state index in [1.807, 2.05) is 74.4 Å². The van der Waals surface area contributed by atoms with Crippen LogP contribution in [0.1, 0.15) is 18.1 Å². The maximum Gasteiger partial charge on any atom is 0.244 e. The fourth-order valence-corrected chi connectivity index (χ4v) is 2.23. The van der Waals surface area contributed by atoms with Gasteiger partial charge in [0.2, 0.25) is 5.91 Å². The summed E-state index contributed by atoms with van der Waals surface area (Å²) in [6.45, 7) is 3.04. The molecular formula is C20H24N2O2. The number of ether oxygens (including phenoxy) is 1. The molecule has 4 nitrogen and oxygen atoms in total. The van der Waals surface area contributed by atoms with Crippen molar-refractivity contribution >= 4 is 17.7 Å². The summed E-state index contributed by atoms with van der Waals surface area (Å²) in [5, 5.41) is 2.89. The van der Waals surface area contributed by atoms with Crippen LogP contribution < -0.4 is 15.0 Å². The van der Waals surface area contributed by atoms with E-state index in [4.69, 9.17) is 4.74 Å². The third-order valence-electron chi connectivity index (χ3n) is 3.55. The second-order valence-corrected chi connectivity index (χ2v) is 5.58. The molecule has 0 aliphatic heterocycles. The van der Waals surface area contributed by atoms with Crippen LogP contribution in [0.3, 0.4) is 0 Å². The third-order valence-corrected chi connectivity index (χ3v) is 3.55. The second kappa shape index (κ2) is 8.77. The second-order valence-electron chi connectivity index (χ2n) is 5.58. The van der Waals surface area contributed by atoms with Crippen molar-refractivity contribution in [3.63, 3.8) is 0 Å². The minimum Gasteiger partial charge on any atom is -0.493 e. The molecule has 2 aromatic carbocycles. The molecule has 0 aliphatic carbocycles. The zero-order valence-corrected chi connectivity index (χ0v) is 14.5. The molecule has 0 heterocycles. The van der Waals surface area contributed by atoms with Crippen molar-refractivity contribution < 1.29 is 9.53 Å². The minimum atomic E-state index is -0.127. The van der Waals surface area contributed by atoms with E-state index in [2.05, 4.69) is 5.32 Å². The van der Waals surface area contributed by atoms with E-state index in [9.17, 15) is 4.79 Å². The number of para-hydroxylation sites is 1. The molecule has 0 unspecified atom stereocenters. The van der Waals surface area contributed by atoms with Gasteiger partial charge in [-0.15, -0.1) is 0 Å². The van der Waals surface area contributed by atoms with Crippen LogP contribution in [0.2, 0.25) is 0 Å². The fourth-order valence-electron chi connectivity index (χ4n) is 2.23. The van der Waals surface area contributed by atoms with Crippen molar-refractivity contribution in [3.8, 4) is 5.75 Å². The molecule has 0 atom stereocenters. The first-order chi connectivity index (χ1) is 11.6. The Bertz CT molecular complexity index is 691. The quantitative estimate of drug-likeness (QED) is 0.793. The van der Waals surface area contributed by atoms with Gasteiger partial charge in [0.25, 0.3) is 0 Å². The maximum atomic E-state index is 12.0. The number of rotatable bonds is 7. The highest BCUT2D eigenvalue weighted by Crippen LogP contribution is 2.19. The number of nitrogens with one attached hydrogen (secondary N) is 1. The standard InChI is InChI=1S/C20H24N2O2/c1-4-24-19-8-6-5-7-17(19)11-14-20(23)21-15-16-9-12-18(13-10-16)22(2)3/h5-14H,4,15H2,1-3H3,(H,21,23)/b14-11+. The number of carbonyl (C=O) groups is 1. The van der Waals surface area contributed by atoms with Gasteiger partial charge in [0.05, 0.1) is 6.61 Å². The third kappa shape index (κ3) is 5.16. The molecular weight excluding hydrogens is 300 g/mol. The molecule has 4 heteroatoms. The molecule has 24 heavy (non-hydrogen) atoms. The molecule has 0 aromatic heterocycles. The predicted octanol–water partition coefficient (Wildman–Crippen LogP) is 3.48. The highest BCUT2D eigenvalue weighted by Gasteiger charge is 2.01. The van der Waals surface area contributed by atoms with Gasteiger partial charge in [0, 0.05) is 38.0 Å². The molecule has 2 aromatic rings. The molecule has 0 saturated heterocycles. The lowest BCUT2D eigenvalue weighted by atomic mass is 10.2. The van der Waals surface area contributed by atoms with Gasteiger partial charge >= 0.3 is 0 Å². The van der Waals surface area contributed by atoms with E-state index in [0.717, 1.165) is 22.6 Å². The Hall–Kier alpha value is -2.75. The number of carbonyl (C=O) groups excluding carboxylic acids is 1. The van der Waals surface area contributed by atoms with Crippen LogP contribution in [-0.4, -0.2) is 26.6 Å². The van der Waals surface area contributed by atoms with E-state index < -0.39 is 0 Å². The minimum absolute atomic E-state index is 0.127. The smallest absolute Gasteiger partial charge is 0.244 e. The van der Waals surface area contributed by atoms with E-state index in [1.165, 1.54) is 6.08 Å². The van der Waals surface area contributed by atoms with E-state index in [0.29, 0.717) is 13.2 Å². The van der Waals surface area contributed by atoms with Gasteiger partial charge in [-0.1, -0.05) is 30.3 Å². The monoisotopic (exact) mass is 324 g/mol. The van der Waals surface area contributed by atoms with Crippen LogP contribution in [-0.2, 0) is 11.3 Å². The maximum absolute atomic E-state index is 12.0. The Morgan fingerprint density at radius 1 is 1.12 bits per heavy atom. The zero-order chi connectivity index (χ0) is 17.4. The van der Waals surface area contributed by atoms with E-state index >= 15 is 0 Å². The van der Waals surface area contributed by atoms with Gasteiger partial charge in [0.15, 0.2) is 0 Å². The van der Waals surface area contributed by atoms with Crippen LogP contribution in [0, 0.1) is 0 Å². The van der Waals surface area contributed by atoms with Crippen molar-refractivity contribution in [2.75, 3.05) is 25.6 Å². The Kier molecular flexibility index (Phi) is 6.43. The van der Waals surface area contributed by atoms with Crippen molar-refractivity contribution in [1.29, 1.82) is 0 Å². The van der Waals surface area contributed by atoms with Gasteiger partial charge in [0.1, 0.15) is 5.75 Å². The summed E-state index contributed by atoms with van der Waals surface area (Å²) in [7, 11) is 4.00. The number of benzene rings is 2. The lowest BCUT2D eigenvalue weighted by Crippen LogP contribution is -2.20. The Balaban J connectivity index is 1.91. The number of hydrogen-bond acceptors (Lipinski definition) is 3. The Labute approximate surface area is 143 Å². The number of hydrogen-bond donors (Lipinski definition) is 1. The molecule has 0 saturated carbocycles. The van der Waals surface area contributed by atoms with Crippen molar-refractivity contribution in [2.24, 2.45) is 0 Å². The van der Waals surface area contributed by atoms with Gasteiger partial charge in [-0.25, -0.2) is 0 Å². The first kappa shape index (κ1) is 17.6. The summed E-state index contributed by atoms with van der Waals surface area (Å²) < 4.78 is 5.54. The molecule has 0 bridgehead atoms. The molecule has 0 fully saturated rings. The first-order valence-electron chi connectivity index (χ1n) is 8.04. The van der Waals surface area contributed by atoms with Crippen LogP contribution in [0.15, 0.2) is 54.6 Å². The average molecular weight is 324 g/mol. The SMILES string of the molecule is CCOc1ccccc1/C=C/C(=O)NCc1ccc(N(C)C)cc1. The van der Waals surface area contributed by atoms with Gasteiger partial charge < -0.3 is 15.0 Å². The summed E-state index contributed by atoms with van der Waals surface area (Å²) in [4.78, 5) is 14.0. The van der Waals surface area contributed by atoms with Crippen molar-refractivity contribution in [2.45, 2.75) is 13.5 Å². The molecule has 0 aliphatic rings. The van der Waals surface area contributed by atoms with E-state index in [-0.39, 0.29) is 5.91 Å². The highest BCUT2D eigenvalue weighted by molar-refractivity contribution is 5.92.